The first kappa shape index (κ1) is 23.3. The van der Waals surface area contributed by atoms with Crippen LogP contribution in [-0.2, 0) is 25.4 Å². The molecule has 0 atom stereocenters. The highest BCUT2D eigenvalue weighted by atomic mass is 19.4. The van der Waals surface area contributed by atoms with Gasteiger partial charge >= 0.3 is 12.2 Å². The number of alkyl halides is 3. The lowest BCUT2D eigenvalue weighted by Crippen LogP contribution is -2.15. The summed E-state index contributed by atoms with van der Waals surface area (Å²) in [5.74, 6) is 0.444. The average Bonchev–Trinajstić information content (AvgIpc) is 2.80. The summed E-state index contributed by atoms with van der Waals surface area (Å²) in [5, 5.41) is 0. The van der Waals surface area contributed by atoms with E-state index in [1.165, 1.54) is 19.8 Å². The van der Waals surface area contributed by atoms with E-state index in [0.717, 1.165) is 12.1 Å². The molecule has 1 aromatic carbocycles. The van der Waals surface area contributed by atoms with Crippen molar-refractivity contribution in [3.63, 3.8) is 0 Å². The summed E-state index contributed by atoms with van der Waals surface area (Å²) < 4.78 is 56.2. The largest absolute Gasteiger partial charge is 0.493 e. The van der Waals surface area contributed by atoms with E-state index < -0.39 is 17.9 Å². The summed E-state index contributed by atoms with van der Waals surface area (Å²) >= 11 is 0. The summed E-state index contributed by atoms with van der Waals surface area (Å²) in [7, 11) is 2.45. The number of ether oxygens (including phenoxy) is 3. The monoisotopic (exact) mass is 447 g/mol. The molecule has 2 heterocycles. The van der Waals surface area contributed by atoms with E-state index in [1.54, 1.807) is 24.3 Å². The van der Waals surface area contributed by atoms with Crippen LogP contribution in [0.15, 0.2) is 42.6 Å². The Labute approximate surface area is 184 Å². The molecule has 0 N–H and O–H groups in total. The Morgan fingerprint density at radius 3 is 2.19 bits per heavy atom. The number of pyridine rings is 1. The maximum Gasteiger partial charge on any atom is 0.434 e. The summed E-state index contributed by atoms with van der Waals surface area (Å²) in [6.07, 6.45) is -1.28. The van der Waals surface area contributed by atoms with E-state index >= 15 is 0 Å². The predicted octanol–water partition coefficient (Wildman–Crippen LogP) is 4.68. The van der Waals surface area contributed by atoms with Crippen LogP contribution in [0.2, 0.25) is 0 Å². The second-order valence-corrected chi connectivity index (χ2v) is 6.98. The molecule has 170 valence electrons. The molecule has 2 aromatic heterocycles. The molecule has 0 bridgehead atoms. The van der Waals surface area contributed by atoms with Crippen molar-refractivity contribution < 1.29 is 27.4 Å². The maximum absolute atomic E-state index is 13.5. The fourth-order valence-corrected chi connectivity index (χ4v) is 3.09. The third kappa shape index (κ3) is 5.87. The molecular formula is C23H24F3N3O3. The van der Waals surface area contributed by atoms with Gasteiger partial charge in [-0.2, -0.15) is 23.1 Å². The van der Waals surface area contributed by atoms with Crippen LogP contribution in [-0.4, -0.2) is 35.8 Å². The summed E-state index contributed by atoms with van der Waals surface area (Å²) in [6.45, 7) is 2.52. The van der Waals surface area contributed by atoms with Crippen molar-refractivity contribution in [3.05, 3.63) is 70.7 Å². The molecule has 0 fully saturated rings. The molecule has 0 aliphatic carbocycles. The molecule has 0 saturated carbocycles. The number of aryl methyl sites for hydroxylation is 1. The standard InChI is InChI=1S/C23H24F3N3O3/c1-4-15-5-8-17(27-14-15)11-12-32-18-9-6-16(7-10-18)13-19-20(23(24,25)26)28-22(31-3)29-21(19)30-2/h5-10,14H,4,11-13H2,1-3H3. The van der Waals surface area contributed by atoms with Crippen molar-refractivity contribution in [1.82, 2.24) is 15.0 Å². The molecule has 3 aromatic rings. The van der Waals surface area contributed by atoms with Crippen LogP contribution in [0.3, 0.4) is 0 Å². The van der Waals surface area contributed by atoms with Crippen LogP contribution in [0.25, 0.3) is 0 Å². The van der Waals surface area contributed by atoms with Crippen LogP contribution in [0, 0.1) is 0 Å². The van der Waals surface area contributed by atoms with Gasteiger partial charge in [0.25, 0.3) is 0 Å². The van der Waals surface area contributed by atoms with Crippen molar-refractivity contribution in [1.29, 1.82) is 0 Å². The van der Waals surface area contributed by atoms with Gasteiger partial charge in [0, 0.05) is 30.3 Å². The van der Waals surface area contributed by atoms with Gasteiger partial charge < -0.3 is 14.2 Å². The number of halogens is 3. The molecule has 3 rings (SSSR count). The van der Waals surface area contributed by atoms with Crippen molar-refractivity contribution >= 4 is 0 Å². The average molecular weight is 447 g/mol. The number of rotatable bonds is 9. The molecular weight excluding hydrogens is 423 g/mol. The van der Waals surface area contributed by atoms with E-state index in [1.807, 2.05) is 18.3 Å². The van der Waals surface area contributed by atoms with E-state index in [-0.39, 0.29) is 17.9 Å². The van der Waals surface area contributed by atoms with Gasteiger partial charge in [-0.05, 0) is 35.7 Å². The van der Waals surface area contributed by atoms with Crippen molar-refractivity contribution in [2.75, 3.05) is 20.8 Å². The van der Waals surface area contributed by atoms with Gasteiger partial charge in [0.15, 0.2) is 5.69 Å². The Morgan fingerprint density at radius 1 is 0.906 bits per heavy atom. The van der Waals surface area contributed by atoms with E-state index in [0.29, 0.717) is 24.3 Å². The number of benzene rings is 1. The minimum absolute atomic E-state index is 0.0595. The summed E-state index contributed by atoms with van der Waals surface area (Å²) in [6, 6.07) is 10.5. The molecule has 0 radical (unpaired) electrons. The highest BCUT2D eigenvalue weighted by Crippen LogP contribution is 2.36. The lowest BCUT2D eigenvalue weighted by atomic mass is 10.0. The Kier molecular flexibility index (Phi) is 7.50. The Hall–Kier alpha value is -3.36. The molecule has 0 spiro atoms. The number of nitrogens with zero attached hydrogens (tertiary/aromatic N) is 3. The fraction of sp³-hybridized carbons (Fsp3) is 0.348. The van der Waals surface area contributed by atoms with Crippen molar-refractivity contribution in [2.45, 2.75) is 32.4 Å². The van der Waals surface area contributed by atoms with Crippen molar-refractivity contribution in [3.8, 4) is 17.6 Å². The first-order valence-corrected chi connectivity index (χ1v) is 10.1. The van der Waals surface area contributed by atoms with Crippen LogP contribution < -0.4 is 14.2 Å². The van der Waals surface area contributed by atoms with E-state index in [4.69, 9.17) is 14.2 Å². The molecule has 0 aliphatic heterocycles. The number of hydrogen-bond donors (Lipinski definition) is 0. The molecule has 0 saturated heterocycles. The zero-order chi connectivity index (χ0) is 23.1. The van der Waals surface area contributed by atoms with E-state index in [2.05, 4.69) is 21.9 Å². The lowest BCUT2D eigenvalue weighted by molar-refractivity contribution is -0.142. The van der Waals surface area contributed by atoms with Crippen LogP contribution in [0.5, 0.6) is 17.6 Å². The summed E-state index contributed by atoms with van der Waals surface area (Å²) in [5.41, 5.74) is 1.51. The Morgan fingerprint density at radius 2 is 1.62 bits per heavy atom. The molecule has 6 nitrogen and oxygen atoms in total. The SMILES string of the molecule is CCc1ccc(CCOc2ccc(Cc3c(OC)nc(OC)nc3C(F)(F)F)cc2)nc1. The van der Waals surface area contributed by atoms with Gasteiger partial charge in [0.1, 0.15) is 5.75 Å². The highest BCUT2D eigenvalue weighted by molar-refractivity contribution is 5.40. The number of hydrogen-bond acceptors (Lipinski definition) is 6. The lowest BCUT2D eigenvalue weighted by Gasteiger charge is -2.16. The Balaban J connectivity index is 1.68. The van der Waals surface area contributed by atoms with E-state index in [9.17, 15) is 13.2 Å². The first-order chi connectivity index (χ1) is 15.3. The molecule has 0 unspecified atom stereocenters. The second kappa shape index (κ2) is 10.3. The number of aromatic nitrogens is 3. The first-order valence-electron chi connectivity index (χ1n) is 10.1. The third-order valence-corrected chi connectivity index (χ3v) is 4.82. The normalized spacial score (nSPS) is 11.3. The van der Waals surface area contributed by atoms with Crippen LogP contribution in [0.4, 0.5) is 13.2 Å². The fourth-order valence-electron chi connectivity index (χ4n) is 3.09. The van der Waals surface area contributed by atoms with Gasteiger partial charge in [-0.3, -0.25) is 4.98 Å². The van der Waals surface area contributed by atoms with Gasteiger partial charge in [-0.1, -0.05) is 25.1 Å². The third-order valence-electron chi connectivity index (χ3n) is 4.82. The zero-order valence-corrected chi connectivity index (χ0v) is 18.1. The molecule has 32 heavy (non-hydrogen) atoms. The minimum Gasteiger partial charge on any atom is -0.493 e. The van der Waals surface area contributed by atoms with Gasteiger partial charge in [-0.15, -0.1) is 0 Å². The van der Waals surface area contributed by atoms with Gasteiger partial charge in [0.2, 0.25) is 5.88 Å². The second-order valence-electron chi connectivity index (χ2n) is 6.98. The number of methoxy groups -OCH3 is 2. The highest BCUT2D eigenvalue weighted by Gasteiger charge is 2.38. The molecule has 0 aliphatic rings. The van der Waals surface area contributed by atoms with Crippen LogP contribution in [0.1, 0.15) is 35.0 Å². The minimum atomic E-state index is -4.68. The molecule has 0 amide bonds. The quantitative estimate of drug-likeness (QED) is 0.475. The van der Waals surface area contributed by atoms with Gasteiger partial charge in [-0.25, -0.2) is 0 Å². The maximum atomic E-state index is 13.5. The van der Waals surface area contributed by atoms with Crippen molar-refractivity contribution in [2.24, 2.45) is 0 Å². The summed E-state index contributed by atoms with van der Waals surface area (Å²) in [4.78, 5) is 11.8. The smallest absolute Gasteiger partial charge is 0.434 e. The topological polar surface area (TPSA) is 66.4 Å². The Bertz CT molecular complexity index is 1020. The molecule has 9 heteroatoms. The zero-order valence-electron chi connectivity index (χ0n) is 18.1. The predicted molar refractivity (Wildman–Crippen MR) is 112 cm³/mol. The van der Waals surface area contributed by atoms with Gasteiger partial charge in [0.05, 0.1) is 20.8 Å². The van der Waals surface area contributed by atoms with Crippen LogP contribution >= 0.6 is 0 Å².